The highest BCUT2D eigenvalue weighted by atomic mass is 32.1. The van der Waals surface area contributed by atoms with E-state index in [1.807, 2.05) is 11.3 Å². The highest BCUT2D eigenvalue weighted by molar-refractivity contribution is 7.09. The fourth-order valence-corrected chi connectivity index (χ4v) is 3.57. The van der Waals surface area contributed by atoms with Crippen LogP contribution in [0, 0.1) is 0 Å². The number of ether oxygens (including phenoxy) is 1. The third-order valence-electron chi connectivity index (χ3n) is 4.00. The molecule has 3 nitrogen and oxygen atoms in total. The summed E-state index contributed by atoms with van der Waals surface area (Å²) in [4.78, 5) is 3.97. The predicted molar refractivity (Wildman–Crippen MR) is 76.9 cm³/mol. The molecule has 0 saturated carbocycles. The molecule has 1 atom stereocenters. The first-order chi connectivity index (χ1) is 8.80. The Morgan fingerprint density at radius 1 is 1.44 bits per heavy atom. The van der Waals surface area contributed by atoms with Crippen molar-refractivity contribution in [1.82, 2.24) is 4.90 Å². The second-order valence-corrected chi connectivity index (χ2v) is 6.02. The zero-order chi connectivity index (χ0) is 12.8. The van der Waals surface area contributed by atoms with Crippen LogP contribution in [-0.4, -0.2) is 36.7 Å². The molecule has 0 bridgehead atoms. The Kier molecular flexibility index (Phi) is 5.18. The van der Waals surface area contributed by atoms with Gasteiger partial charge in [-0.3, -0.25) is 4.90 Å². The van der Waals surface area contributed by atoms with E-state index in [1.165, 1.54) is 4.88 Å². The fraction of sp³-hybridized carbons (Fsp3) is 0.714. The number of thiophene rings is 1. The van der Waals surface area contributed by atoms with Gasteiger partial charge >= 0.3 is 0 Å². The standard InChI is InChI=1S/C14H24N2OS/c1-2-16(11-13-5-3-10-18-13)14(12-15)6-4-8-17-9-7-14/h3,5,10H,2,4,6-9,11-12,15H2,1H3. The molecule has 1 aromatic rings. The Labute approximate surface area is 114 Å². The number of hydrogen-bond acceptors (Lipinski definition) is 4. The van der Waals surface area contributed by atoms with E-state index in [9.17, 15) is 0 Å². The van der Waals surface area contributed by atoms with E-state index in [4.69, 9.17) is 10.5 Å². The molecule has 0 spiro atoms. The van der Waals surface area contributed by atoms with Crippen LogP contribution in [0.1, 0.15) is 31.1 Å². The molecule has 2 heterocycles. The lowest BCUT2D eigenvalue weighted by molar-refractivity contribution is 0.0657. The third kappa shape index (κ3) is 3.12. The summed E-state index contributed by atoms with van der Waals surface area (Å²) in [5.74, 6) is 0. The summed E-state index contributed by atoms with van der Waals surface area (Å²) in [6.07, 6.45) is 3.34. The molecule has 0 radical (unpaired) electrons. The van der Waals surface area contributed by atoms with E-state index in [-0.39, 0.29) is 5.54 Å². The maximum Gasteiger partial charge on any atom is 0.0484 e. The van der Waals surface area contributed by atoms with Gasteiger partial charge in [0.25, 0.3) is 0 Å². The largest absolute Gasteiger partial charge is 0.381 e. The topological polar surface area (TPSA) is 38.5 Å². The van der Waals surface area contributed by atoms with E-state index in [1.54, 1.807) is 0 Å². The number of nitrogens with zero attached hydrogens (tertiary/aromatic N) is 1. The number of likely N-dealkylation sites (N-methyl/N-ethyl adjacent to an activating group) is 1. The molecule has 0 amide bonds. The van der Waals surface area contributed by atoms with Crippen molar-refractivity contribution in [2.24, 2.45) is 5.73 Å². The van der Waals surface area contributed by atoms with Gasteiger partial charge < -0.3 is 10.5 Å². The molecule has 2 rings (SSSR count). The van der Waals surface area contributed by atoms with Crippen LogP contribution in [0.4, 0.5) is 0 Å². The number of hydrogen-bond donors (Lipinski definition) is 1. The molecule has 1 saturated heterocycles. The van der Waals surface area contributed by atoms with Gasteiger partial charge in [0.2, 0.25) is 0 Å². The van der Waals surface area contributed by atoms with Crippen LogP contribution in [0.15, 0.2) is 17.5 Å². The van der Waals surface area contributed by atoms with E-state index in [2.05, 4.69) is 29.3 Å². The predicted octanol–water partition coefficient (Wildman–Crippen LogP) is 2.47. The summed E-state index contributed by atoms with van der Waals surface area (Å²) < 4.78 is 5.60. The quantitative estimate of drug-likeness (QED) is 0.891. The average molecular weight is 268 g/mol. The Balaban J connectivity index is 2.11. The number of rotatable bonds is 5. The van der Waals surface area contributed by atoms with Gasteiger partial charge in [0, 0.05) is 36.7 Å². The first-order valence-electron chi connectivity index (χ1n) is 6.86. The Morgan fingerprint density at radius 2 is 2.33 bits per heavy atom. The van der Waals surface area contributed by atoms with Crippen molar-refractivity contribution in [1.29, 1.82) is 0 Å². The van der Waals surface area contributed by atoms with Gasteiger partial charge in [0.05, 0.1) is 0 Å². The summed E-state index contributed by atoms with van der Waals surface area (Å²) in [5, 5.41) is 2.15. The molecule has 0 aliphatic carbocycles. The zero-order valence-electron chi connectivity index (χ0n) is 11.2. The second kappa shape index (κ2) is 6.66. The van der Waals surface area contributed by atoms with E-state index in [0.717, 1.165) is 52.1 Å². The number of nitrogens with two attached hydrogens (primary N) is 1. The fourth-order valence-electron chi connectivity index (χ4n) is 2.85. The van der Waals surface area contributed by atoms with Gasteiger partial charge in [-0.25, -0.2) is 0 Å². The van der Waals surface area contributed by atoms with Crippen molar-refractivity contribution in [2.75, 3.05) is 26.3 Å². The van der Waals surface area contributed by atoms with Crippen molar-refractivity contribution in [3.05, 3.63) is 22.4 Å². The molecule has 4 heteroatoms. The van der Waals surface area contributed by atoms with Crippen molar-refractivity contribution in [3.63, 3.8) is 0 Å². The monoisotopic (exact) mass is 268 g/mol. The van der Waals surface area contributed by atoms with Crippen LogP contribution in [0.25, 0.3) is 0 Å². The Morgan fingerprint density at radius 3 is 3.00 bits per heavy atom. The summed E-state index contributed by atoms with van der Waals surface area (Å²) >= 11 is 1.83. The normalized spacial score (nSPS) is 25.3. The Bertz CT molecular complexity index is 332. The first-order valence-corrected chi connectivity index (χ1v) is 7.74. The van der Waals surface area contributed by atoms with Crippen molar-refractivity contribution >= 4 is 11.3 Å². The molecule has 1 aromatic heterocycles. The molecule has 18 heavy (non-hydrogen) atoms. The van der Waals surface area contributed by atoms with Gasteiger partial charge in [-0.05, 0) is 37.3 Å². The minimum absolute atomic E-state index is 0.134. The van der Waals surface area contributed by atoms with Gasteiger partial charge in [-0.1, -0.05) is 13.0 Å². The summed E-state index contributed by atoms with van der Waals surface area (Å²) in [6.45, 7) is 6.77. The molecule has 1 aliphatic rings. The van der Waals surface area contributed by atoms with Crippen molar-refractivity contribution < 1.29 is 4.74 Å². The Hall–Kier alpha value is -0.420. The van der Waals surface area contributed by atoms with E-state index >= 15 is 0 Å². The lowest BCUT2D eigenvalue weighted by Gasteiger charge is -2.42. The van der Waals surface area contributed by atoms with Crippen molar-refractivity contribution in [2.45, 2.75) is 38.3 Å². The molecule has 1 unspecified atom stereocenters. The highest BCUT2D eigenvalue weighted by Crippen LogP contribution is 2.29. The molecule has 1 aliphatic heterocycles. The van der Waals surface area contributed by atoms with Crippen molar-refractivity contribution in [3.8, 4) is 0 Å². The van der Waals surface area contributed by atoms with Crippen LogP contribution < -0.4 is 5.73 Å². The first kappa shape index (κ1) is 14.0. The summed E-state index contributed by atoms with van der Waals surface area (Å²) in [7, 11) is 0. The highest BCUT2D eigenvalue weighted by Gasteiger charge is 2.35. The zero-order valence-corrected chi connectivity index (χ0v) is 12.0. The second-order valence-electron chi connectivity index (χ2n) is 4.99. The molecular weight excluding hydrogens is 244 g/mol. The molecule has 0 aromatic carbocycles. The van der Waals surface area contributed by atoms with Gasteiger partial charge in [0.1, 0.15) is 0 Å². The lowest BCUT2D eigenvalue weighted by atomic mass is 9.88. The van der Waals surface area contributed by atoms with Crippen LogP contribution in [0.3, 0.4) is 0 Å². The minimum atomic E-state index is 0.134. The lowest BCUT2D eigenvalue weighted by Crippen LogP contribution is -2.53. The van der Waals surface area contributed by atoms with Gasteiger partial charge in [-0.15, -0.1) is 11.3 Å². The van der Waals surface area contributed by atoms with Crippen LogP contribution in [0.2, 0.25) is 0 Å². The average Bonchev–Trinajstić information content (AvgIpc) is 2.79. The van der Waals surface area contributed by atoms with Gasteiger partial charge in [0.15, 0.2) is 0 Å². The molecular formula is C14H24N2OS. The third-order valence-corrected chi connectivity index (χ3v) is 4.86. The summed E-state index contributed by atoms with van der Waals surface area (Å²) in [6, 6.07) is 4.34. The van der Waals surface area contributed by atoms with Crippen LogP contribution in [-0.2, 0) is 11.3 Å². The summed E-state index contributed by atoms with van der Waals surface area (Å²) in [5.41, 5.74) is 6.25. The molecule has 2 N–H and O–H groups in total. The maximum atomic E-state index is 6.12. The van der Waals surface area contributed by atoms with Gasteiger partial charge in [-0.2, -0.15) is 0 Å². The van der Waals surface area contributed by atoms with E-state index in [0.29, 0.717) is 0 Å². The molecule has 1 fully saturated rings. The van der Waals surface area contributed by atoms with Crippen LogP contribution in [0.5, 0.6) is 0 Å². The maximum absolute atomic E-state index is 6.12. The SMILES string of the molecule is CCN(Cc1cccs1)C1(CN)CCCOCC1. The van der Waals surface area contributed by atoms with E-state index < -0.39 is 0 Å². The molecule has 102 valence electrons. The van der Waals surface area contributed by atoms with Crippen LogP contribution >= 0.6 is 11.3 Å². The minimum Gasteiger partial charge on any atom is -0.381 e. The smallest absolute Gasteiger partial charge is 0.0484 e.